The third kappa shape index (κ3) is 3.75. The molecule has 6 heteroatoms. The van der Waals surface area contributed by atoms with E-state index in [9.17, 15) is 4.79 Å². The summed E-state index contributed by atoms with van der Waals surface area (Å²) in [5.74, 6) is -0.0597. The van der Waals surface area contributed by atoms with Crippen molar-refractivity contribution in [3.05, 3.63) is 75.3 Å². The van der Waals surface area contributed by atoms with Crippen LogP contribution in [0.15, 0.2) is 48.5 Å². The van der Waals surface area contributed by atoms with Crippen LogP contribution < -0.4 is 4.74 Å². The van der Waals surface area contributed by atoms with Gasteiger partial charge in [0.05, 0.1) is 5.69 Å². The summed E-state index contributed by atoms with van der Waals surface area (Å²) in [6.07, 6.45) is 0.538. The summed E-state index contributed by atoms with van der Waals surface area (Å²) in [5.41, 5.74) is 2.60. The fourth-order valence-corrected chi connectivity index (χ4v) is 2.79. The number of esters is 1. The maximum atomic E-state index is 12.3. The molecule has 0 aliphatic heterocycles. The van der Waals surface area contributed by atoms with Gasteiger partial charge < -0.3 is 4.74 Å². The predicted octanol–water partition coefficient (Wildman–Crippen LogP) is 4.31. The Morgan fingerprint density at radius 2 is 2.00 bits per heavy atom. The van der Waals surface area contributed by atoms with Crippen LogP contribution in [0.5, 0.6) is 5.75 Å². The van der Waals surface area contributed by atoms with Crippen LogP contribution in [-0.2, 0) is 6.42 Å². The highest BCUT2D eigenvalue weighted by Gasteiger charge is 2.19. The Bertz CT molecular complexity index is 834. The minimum Gasteiger partial charge on any atom is -0.422 e. The van der Waals surface area contributed by atoms with Crippen LogP contribution in [0.4, 0.5) is 0 Å². The van der Waals surface area contributed by atoms with Crippen molar-refractivity contribution in [3.8, 4) is 5.75 Å². The maximum absolute atomic E-state index is 12.3. The number of nitrogens with zero attached hydrogens (tertiary/aromatic N) is 2. The summed E-state index contributed by atoms with van der Waals surface area (Å²) >= 11 is 7.08. The standard InChI is InChI=1S/C17H13ClN2O2S/c1-11-7-8-13(10-14(11)18)22-17(21)16-15(19-20-23-16)9-12-5-3-2-4-6-12/h2-8,10H,9H2,1H3. The average molecular weight is 345 g/mol. The number of halogens is 1. The fourth-order valence-electron chi connectivity index (χ4n) is 2.06. The van der Waals surface area contributed by atoms with Gasteiger partial charge in [0.25, 0.3) is 0 Å². The number of carbonyl (C=O) groups excluding carboxylic acids is 1. The van der Waals surface area contributed by atoms with Gasteiger partial charge in [0.2, 0.25) is 0 Å². The third-order valence-corrected chi connectivity index (χ3v) is 4.46. The molecule has 0 N–H and O–H groups in total. The monoisotopic (exact) mass is 344 g/mol. The second-order valence-corrected chi connectivity index (χ2v) is 6.17. The van der Waals surface area contributed by atoms with Gasteiger partial charge in [-0.2, -0.15) is 0 Å². The first-order chi connectivity index (χ1) is 11.1. The Hall–Kier alpha value is -2.24. The molecular formula is C17H13ClN2O2S. The van der Waals surface area contributed by atoms with Gasteiger partial charge in [-0.1, -0.05) is 52.5 Å². The molecule has 2 aromatic carbocycles. The molecule has 0 radical (unpaired) electrons. The SMILES string of the molecule is Cc1ccc(OC(=O)c2snnc2Cc2ccccc2)cc1Cl. The molecule has 0 bridgehead atoms. The van der Waals surface area contributed by atoms with E-state index in [1.807, 2.05) is 37.3 Å². The second kappa shape index (κ2) is 6.89. The van der Waals surface area contributed by atoms with Gasteiger partial charge in [0.15, 0.2) is 4.88 Å². The lowest BCUT2D eigenvalue weighted by atomic mass is 10.1. The molecule has 1 aromatic heterocycles. The normalized spacial score (nSPS) is 10.5. The van der Waals surface area contributed by atoms with Crippen molar-refractivity contribution in [2.75, 3.05) is 0 Å². The highest BCUT2D eigenvalue weighted by molar-refractivity contribution is 7.07. The Kier molecular flexibility index (Phi) is 4.69. The molecule has 0 aliphatic rings. The van der Waals surface area contributed by atoms with E-state index in [-0.39, 0.29) is 0 Å². The number of hydrogen-bond acceptors (Lipinski definition) is 5. The Morgan fingerprint density at radius 1 is 1.22 bits per heavy atom. The number of aromatic nitrogens is 2. The van der Waals surface area contributed by atoms with Gasteiger partial charge >= 0.3 is 5.97 Å². The number of aryl methyl sites for hydroxylation is 1. The minimum absolute atomic E-state index is 0.407. The van der Waals surface area contributed by atoms with E-state index in [1.165, 1.54) is 0 Å². The smallest absolute Gasteiger partial charge is 0.357 e. The molecule has 0 saturated carbocycles. The van der Waals surface area contributed by atoms with Gasteiger partial charge in [-0.25, -0.2) is 4.79 Å². The highest BCUT2D eigenvalue weighted by Crippen LogP contribution is 2.24. The lowest BCUT2D eigenvalue weighted by Gasteiger charge is -2.05. The first-order valence-electron chi connectivity index (χ1n) is 6.97. The van der Waals surface area contributed by atoms with Crippen molar-refractivity contribution < 1.29 is 9.53 Å². The largest absolute Gasteiger partial charge is 0.422 e. The molecule has 0 atom stereocenters. The number of ether oxygens (including phenoxy) is 1. The first kappa shape index (κ1) is 15.6. The van der Waals surface area contributed by atoms with Crippen LogP contribution >= 0.6 is 23.1 Å². The summed E-state index contributed by atoms with van der Waals surface area (Å²) < 4.78 is 9.26. The lowest BCUT2D eigenvalue weighted by Crippen LogP contribution is -2.09. The Balaban J connectivity index is 1.78. The van der Waals surface area contributed by atoms with E-state index in [2.05, 4.69) is 9.59 Å². The van der Waals surface area contributed by atoms with Crippen LogP contribution in [0, 0.1) is 6.92 Å². The van der Waals surface area contributed by atoms with Crippen LogP contribution in [-0.4, -0.2) is 15.6 Å². The van der Waals surface area contributed by atoms with Crippen molar-refractivity contribution >= 4 is 29.1 Å². The molecule has 0 saturated heterocycles. The van der Waals surface area contributed by atoms with Gasteiger partial charge in [-0.3, -0.25) is 0 Å². The quantitative estimate of drug-likeness (QED) is 0.522. The zero-order valence-corrected chi connectivity index (χ0v) is 13.9. The van der Waals surface area contributed by atoms with Crippen LogP contribution in [0.25, 0.3) is 0 Å². The van der Waals surface area contributed by atoms with Gasteiger partial charge in [0.1, 0.15) is 5.75 Å². The number of carbonyl (C=O) groups is 1. The third-order valence-electron chi connectivity index (χ3n) is 3.31. The van der Waals surface area contributed by atoms with Crippen LogP contribution in [0.2, 0.25) is 5.02 Å². The van der Waals surface area contributed by atoms with E-state index in [0.717, 1.165) is 22.7 Å². The van der Waals surface area contributed by atoms with E-state index in [4.69, 9.17) is 16.3 Å². The van der Waals surface area contributed by atoms with Crippen LogP contribution in [0.1, 0.15) is 26.5 Å². The molecule has 0 fully saturated rings. The molecule has 3 aromatic rings. The zero-order valence-electron chi connectivity index (χ0n) is 12.3. The summed E-state index contributed by atoms with van der Waals surface area (Å²) in [4.78, 5) is 12.8. The van der Waals surface area contributed by atoms with Crippen molar-refractivity contribution in [2.24, 2.45) is 0 Å². The van der Waals surface area contributed by atoms with Crippen LogP contribution in [0.3, 0.4) is 0 Å². The number of benzene rings is 2. The summed E-state index contributed by atoms with van der Waals surface area (Å²) in [7, 11) is 0. The van der Waals surface area contributed by atoms with Crippen molar-refractivity contribution in [1.29, 1.82) is 0 Å². The lowest BCUT2D eigenvalue weighted by molar-refractivity contribution is 0.0738. The predicted molar refractivity (Wildman–Crippen MR) is 90.3 cm³/mol. The molecular weight excluding hydrogens is 332 g/mol. The van der Waals surface area contributed by atoms with E-state index in [1.54, 1.807) is 18.2 Å². The maximum Gasteiger partial charge on any atom is 0.357 e. The summed E-state index contributed by atoms with van der Waals surface area (Å²) in [6.45, 7) is 1.89. The minimum atomic E-state index is -0.467. The summed E-state index contributed by atoms with van der Waals surface area (Å²) in [6, 6.07) is 14.9. The molecule has 116 valence electrons. The average Bonchev–Trinajstić information content (AvgIpc) is 3.00. The molecule has 0 aliphatic carbocycles. The highest BCUT2D eigenvalue weighted by atomic mass is 35.5. The molecule has 0 unspecified atom stereocenters. The molecule has 4 nitrogen and oxygen atoms in total. The van der Waals surface area contributed by atoms with E-state index >= 15 is 0 Å². The topological polar surface area (TPSA) is 52.1 Å². The molecule has 0 amide bonds. The Labute approximate surface area is 142 Å². The number of hydrogen-bond donors (Lipinski definition) is 0. The van der Waals surface area contributed by atoms with Crippen molar-refractivity contribution in [1.82, 2.24) is 9.59 Å². The van der Waals surface area contributed by atoms with Gasteiger partial charge in [-0.15, -0.1) is 5.10 Å². The number of rotatable bonds is 4. The molecule has 0 spiro atoms. The van der Waals surface area contributed by atoms with Gasteiger partial charge in [0, 0.05) is 11.4 Å². The van der Waals surface area contributed by atoms with E-state index in [0.29, 0.717) is 27.8 Å². The first-order valence-corrected chi connectivity index (χ1v) is 8.12. The van der Waals surface area contributed by atoms with Gasteiger partial charge in [-0.05, 0) is 41.7 Å². The van der Waals surface area contributed by atoms with E-state index < -0.39 is 5.97 Å². The van der Waals surface area contributed by atoms with Crippen molar-refractivity contribution in [2.45, 2.75) is 13.3 Å². The molecule has 1 heterocycles. The molecule has 3 rings (SSSR count). The Morgan fingerprint density at radius 3 is 2.74 bits per heavy atom. The summed E-state index contributed by atoms with van der Waals surface area (Å²) in [5, 5.41) is 4.61. The zero-order chi connectivity index (χ0) is 16.2. The fraction of sp³-hybridized carbons (Fsp3) is 0.118. The van der Waals surface area contributed by atoms with Crippen molar-refractivity contribution in [3.63, 3.8) is 0 Å². The second-order valence-electron chi connectivity index (χ2n) is 5.01. The molecule has 23 heavy (non-hydrogen) atoms.